The van der Waals surface area contributed by atoms with Crippen LogP contribution >= 0.6 is 0 Å². The number of aromatic nitrogens is 3. The molecule has 0 radical (unpaired) electrons. The van der Waals surface area contributed by atoms with Crippen molar-refractivity contribution in [2.45, 2.75) is 44.2 Å². The average Bonchev–Trinajstić information content (AvgIpc) is 3.34. The van der Waals surface area contributed by atoms with Crippen LogP contribution in [0.3, 0.4) is 0 Å². The molecular formula is C21H23N5O3S. The summed E-state index contributed by atoms with van der Waals surface area (Å²) in [6.07, 6.45) is 3.69. The largest absolute Gasteiger partial charge is 0.309 e. The van der Waals surface area contributed by atoms with E-state index in [0.717, 1.165) is 22.5 Å². The second-order valence-corrected chi connectivity index (χ2v) is 9.22. The number of rotatable bonds is 5. The van der Waals surface area contributed by atoms with Crippen LogP contribution in [0.4, 0.5) is 5.69 Å². The van der Waals surface area contributed by atoms with Crippen molar-refractivity contribution in [2.24, 2.45) is 0 Å². The molecule has 0 bridgehead atoms. The number of carbonyl (C=O) groups is 1. The van der Waals surface area contributed by atoms with E-state index in [0.29, 0.717) is 6.42 Å². The van der Waals surface area contributed by atoms with E-state index in [1.54, 1.807) is 41.0 Å². The molecule has 0 spiro atoms. The van der Waals surface area contributed by atoms with Crippen molar-refractivity contribution >= 4 is 21.6 Å². The van der Waals surface area contributed by atoms with Gasteiger partial charge in [0.15, 0.2) is 0 Å². The summed E-state index contributed by atoms with van der Waals surface area (Å²) in [5.74, 6) is -0.0436. The predicted molar refractivity (Wildman–Crippen MR) is 113 cm³/mol. The average molecular weight is 426 g/mol. The topological polar surface area (TPSA) is 97.2 Å². The number of fused-ring (bicyclic) bond motifs is 1. The lowest BCUT2D eigenvalue weighted by Crippen LogP contribution is -2.33. The number of hydrogen-bond donors (Lipinski definition) is 1. The highest BCUT2D eigenvalue weighted by Crippen LogP contribution is 2.34. The maximum absolute atomic E-state index is 13.0. The Morgan fingerprint density at radius 3 is 2.57 bits per heavy atom. The molecule has 0 unspecified atom stereocenters. The van der Waals surface area contributed by atoms with Crippen molar-refractivity contribution in [1.29, 1.82) is 0 Å². The van der Waals surface area contributed by atoms with Crippen LogP contribution in [0.5, 0.6) is 0 Å². The number of benzene rings is 2. The maximum Gasteiger partial charge on any atom is 0.241 e. The van der Waals surface area contributed by atoms with E-state index in [2.05, 4.69) is 14.8 Å². The lowest BCUT2D eigenvalue weighted by molar-refractivity contribution is -0.116. The molecule has 0 saturated carbocycles. The van der Waals surface area contributed by atoms with E-state index >= 15 is 0 Å². The van der Waals surface area contributed by atoms with E-state index in [1.807, 2.05) is 31.2 Å². The molecule has 2 aromatic carbocycles. The molecule has 1 aromatic heterocycles. The lowest BCUT2D eigenvalue weighted by atomic mass is 10.1. The van der Waals surface area contributed by atoms with Crippen molar-refractivity contribution < 1.29 is 13.2 Å². The molecule has 156 valence electrons. The number of hydrogen-bond acceptors (Lipinski definition) is 5. The van der Waals surface area contributed by atoms with Gasteiger partial charge in [-0.1, -0.05) is 12.1 Å². The van der Waals surface area contributed by atoms with Gasteiger partial charge in [-0.25, -0.2) is 22.8 Å². The minimum atomic E-state index is -3.72. The molecule has 0 fully saturated rings. The van der Waals surface area contributed by atoms with E-state index in [1.165, 1.54) is 13.3 Å². The number of nitrogens with zero attached hydrogens (tertiary/aromatic N) is 4. The predicted octanol–water partition coefficient (Wildman–Crippen LogP) is 2.60. The Balaban J connectivity index is 1.53. The van der Waals surface area contributed by atoms with E-state index in [-0.39, 0.29) is 16.8 Å². The zero-order valence-corrected chi connectivity index (χ0v) is 17.8. The Bertz CT molecular complexity index is 1170. The molecule has 8 nitrogen and oxygen atoms in total. The van der Waals surface area contributed by atoms with Crippen molar-refractivity contribution in [1.82, 2.24) is 19.5 Å². The number of amides is 1. The fourth-order valence-corrected chi connectivity index (χ4v) is 5.16. The quantitative estimate of drug-likeness (QED) is 0.678. The van der Waals surface area contributed by atoms with Crippen LogP contribution in [-0.4, -0.2) is 35.1 Å². The molecule has 1 aliphatic heterocycles. The van der Waals surface area contributed by atoms with Gasteiger partial charge in [0.2, 0.25) is 15.9 Å². The summed E-state index contributed by atoms with van der Waals surface area (Å²) >= 11 is 0. The Morgan fingerprint density at radius 2 is 1.93 bits per heavy atom. The molecule has 2 heterocycles. The maximum atomic E-state index is 13.0. The molecule has 0 saturated heterocycles. The minimum Gasteiger partial charge on any atom is -0.309 e. The van der Waals surface area contributed by atoms with Crippen molar-refractivity contribution in [3.8, 4) is 5.69 Å². The van der Waals surface area contributed by atoms with Gasteiger partial charge in [-0.05, 0) is 61.7 Å². The highest BCUT2D eigenvalue weighted by atomic mass is 32.2. The summed E-state index contributed by atoms with van der Waals surface area (Å²) in [4.78, 5) is 17.7. The summed E-state index contributed by atoms with van der Waals surface area (Å²) in [6, 6.07) is 12.0. The highest BCUT2D eigenvalue weighted by molar-refractivity contribution is 7.89. The summed E-state index contributed by atoms with van der Waals surface area (Å²) in [7, 11) is -3.72. The molecule has 4 rings (SSSR count). The summed E-state index contributed by atoms with van der Waals surface area (Å²) < 4.78 is 30.3. The fourth-order valence-electron chi connectivity index (χ4n) is 3.88. The van der Waals surface area contributed by atoms with Gasteiger partial charge in [0, 0.05) is 24.7 Å². The molecule has 0 aliphatic carbocycles. The number of sulfonamides is 1. The van der Waals surface area contributed by atoms with Gasteiger partial charge in [0.25, 0.3) is 0 Å². The Hall–Kier alpha value is -3.04. The van der Waals surface area contributed by atoms with Crippen LogP contribution in [0.2, 0.25) is 0 Å². The van der Waals surface area contributed by atoms with Gasteiger partial charge in [-0.2, -0.15) is 5.10 Å². The zero-order valence-electron chi connectivity index (χ0n) is 17.0. The van der Waals surface area contributed by atoms with E-state index in [9.17, 15) is 13.2 Å². The Morgan fingerprint density at radius 1 is 1.20 bits per heavy atom. The van der Waals surface area contributed by atoms with Crippen LogP contribution in [0.25, 0.3) is 5.69 Å². The Labute approximate surface area is 175 Å². The van der Waals surface area contributed by atoms with Gasteiger partial charge in [0.1, 0.15) is 12.7 Å². The van der Waals surface area contributed by atoms with Gasteiger partial charge in [-0.3, -0.25) is 4.79 Å². The minimum absolute atomic E-state index is 0.0193. The first-order valence-corrected chi connectivity index (χ1v) is 11.1. The van der Waals surface area contributed by atoms with Crippen LogP contribution in [0, 0.1) is 0 Å². The first kappa shape index (κ1) is 20.2. The standard InChI is InChI=1S/C21H23N5O3S/c1-14-10-18-11-20(8-9-21(18)26(14)16(3)27)30(28,29)24-15(2)17-4-6-19(7-5-17)25-13-22-12-23-25/h4-9,11-15,24H,10H2,1-3H3/t14-,15+/m1/s1. The summed E-state index contributed by atoms with van der Waals surface area (Å²) in [5.41, 5.74) is 3.32. The lowest BCUT2D eigenvalue weighted by Gasteiger charge is -2.20. The van der Waals surface area contributed by atoms with Crippen molar-refractivity contribution in [2.75, 3.05) is 4.90 Å². The number of carbonyl (C=O) groups excluding carboxylic acids is 1. The number of anilines is 1. The first-order chi connectivity index (χ1) is 14.3. The molecule has 1 amide bonds. The van der Waals surface area contributed by atoms with Crippen LogP contribution in [-0.2, 0) is 21.2 Å². The Kier molecular flexibility index (Phi) is 5.17. The van der Waals surface area contributed by atoms with E-state index < -0.39 is 16.1 Å². The third-order valence-corrected chi connectivity index (χ3v) is 6.86. The zero-order chi connectivity index (χ0) is 21.5. The van der Waals surface area contributed by atoms with Crippen LogP contribution in [0.15, 0.2) is 60.0 Å². The SMILES string of the molecule is CC(=O)N1c2ccc(S(=O)(=O)N[C@@H](C)c3ccc(-n4cncn4)cc3)cc2C[C@H]1C. The first-order valence-electron chi connectivity index (χ1n) is 9.66. The molecule has 3 aromatic rings. The molecule has 30 heavy (non-hydrogen) atoms. The monoisotopic (exact) mass is 425 g/mol. The van der Waals surface area contributed by atoms with Crippen molar-refractivity contribution in [3.05, 3.63) is 66.2 Å². The van der Waals surface area contributed by atoms with Gasteiger partial charge >= 0.3 is 0 Å². The number of nitrogens with one attached hydrogen (secondary N) is 1. The normalized spacial score (nSPS) is 17.0. The molecule has 9 heteroatoms. The molecule has 1 N–H and O–H groups in total. The third-order valence-electron chi connectivity index (χ3n) is 5.32. The van der Waals surface area contributed by atoms with Crippen molar-refractivity contribution in [3.63, 3.8) is 0 Å². The molecule has 1 aliphatic rings. The van der Waals surface area contributed by atoms with Crippen LogP contribution in [0.1, 0.15) is 37.9 Å². The van der Waals surface area contributed by atoms with Gasteiger partial charge in [-0.15, -0.1) is 0 Å². The second-order valence-electron chi connectivity index (χ2n) is 7.51. The van der Waals surface area contributed by atoms with Gasteiger partial charge < -0.3 is 4.90 Å². The van der Waals surface area contributed by atoms with E-state index in [4.69, 9.17) is 0 Å². The van der Waals surface area contributed by atoms with Crippen LogP contribution < -0.4 is 9.62 Å². The summed E-state index contributed by atoms with van der Waals surface area (Å²) in [6.45, 7) is 5.28. The molecule has 2 atom stereocenters. The fraction of sp³-hybridized carbons (Fsp3) is 0.286. The molecular weight excluding hydrogens is 402 g/mol. The highest BCUT2D eigenvalue weighted by Gasteiger charge is 2.30. The second kappa shape index (κ2) is 7.66. The smallest absolute Gasteiger partial charge is 0.241 e. The van der Waals surface area contributed by atoms with Gasteiger partial charge in [0.05, 0.1) is 10.6 Å². The summed E-state index contributed by atoms with van der Waals surface area (Å²) in [5, 5.41) is 4.08. The third kappa shape index (κ3) is 3.73.